The van der Waals surface area contributed by atoms with E-state index in [2.05, 4.69) is 9.97 Å². The highest BCUT2D eigenvalue weighted by Gasteiger charge is 2.43. The molecule has 0 N–H and O–H groups in total. The van der Waals surface area contributed by atoms with Crippen LogP contribution in [0.1, 0.15) is 18.0 Å². The number of nitrogens with zero attached hydrogens (tertiary/aromatic N) is 4. The molecule has 22 heavy (non-hydrogen) atoms. The van der Waals surface area contributed by atoms with E-state index < -0.39 is 0 Å². The zero-order chi connectivity index (χ0) is 15.1. The number of hydrogen-bond acceptors (Lipinski definition) is 4. The molecule has 7 heteroatoms. The molecule has 1 unspecified atom stereocenters. The normalized spacial score (nSPS) is 18.3. The van der Waals surface area contributed by atoms with Crippen molar-refractivity contribution in [3.8, 4) is 0 Å². The largest absolute Gasteiger partial charge is 0.264 e. The van der Waals surface area contributed by atoms with Crippen LogP contribution in [-0.4, -0.2) is 21.4 Å². The van der Waals surface area contributed by atoms with Crippen molar-refractivity contribution in [3.05, 3.63) is 57.7 Å². The second-order valence-corrected chi connectivity index (χ2v) is 6.43. The van der Waals surface area contributed by atoms with Gasteiger partial charge in [0.1, 0.15) is 10.6 Å². The van der Waals surface area contributed by atoms with Gasteiger partial charge >= 0.3 is 0 Å². The van der Waals surface area contributed by atoms with E-state index in [4.69, 9.17) is 11.6 Å². The molecule has 1 atom stereocenters. The van der Waals surface area contributed by atoms with E-state index in [0.29, 0.717) is 11.6 Å². The van der Waals surface area contributed by atoms with Crippen LogP contribution in [0, 0.1) is 4.91 Å². The van der Waals surface area contributed by atoms with Gasteiger partial charge < -0.3 is 0 Å². The molecular formula is C15H12ClN4OS+. The van der Waals surface area contributed by atoms with Gasteiger partial charge in [0.25, 0.3) is 6.04 Å². The maximum Gasteiger partial charge on any atom is 0.264 e. The average molecular weight is 332 g/mol. The third kappa shape index (κ3) is 2.15. The first-order valence-electron chi connectivity index (χ1n) is 6.90. The van der Waals surface area contributed by atoms with E-state index in [9.17, 15) is 4.91 Å². The lowest BCUT2D eigenvalue weighted by molar-refractivity contribution is -0.583. The molecule has 0 aliphatic carbocycles. The van der Waals surface area contributed by atoms with Crippen LogP contribution in [0.25, 0.3) is 10.2 Å². The summed E-state index contributed by atoms with van der Waals surface area (Å²) in [4.78, 5) is 22.0. The monoisotopic (exact) mass is 331 g/mol. The van der Waals surface area contributed by atoms with Crippen LogP contribution in [0.15, 0.2) is 42.2 Å². The zero-order valence-electron chi connectivity index (χ0n) is 11.5. The number of hydrogen-bond donors (Lipinski definition) is 0. The van der Waals surface area contributed by atoms with Crippen molar-refractivity contribution in [3.63, 3.8) is 0 Å². The van der Waals surface area contributed by atoms with E-state index in [1.165, 1.54) is 0 Å². The molecule has 0 radical (unpaired) electrons. The Balaban J connectivity index is 1.67. The number of fused-ring (bicyclic) bond motifs is 1. The van der Waals surface area contributed by atoms with Gasteiger partial charge in [-0.05, 0) is 24.3 Å². The molecule has 1 aliphatic heterocycles. The van der Waals surface area contributed by atoms with Gasteiger partial charge in [0.15, 0.2) is 0 Å². The first-order valence-corrected chi connectivity index (χ1v) is 8.16. The van der Waals surface area contributed by atoms with Gasteiger partial charge in [-0.25, -0.2) is 4.98 Å². The standard InChI is InChI=1S/C15H12ClN4OS/c16-12-3-5-17-8-11(12)14-4-6-19(20(14)21)10-1-2-13-15(7-10)22-9-18-13/h1-3,5,7-9,14H,4,6H2/q+1. The number of benzene rings is 1. The summed E-state index contributed by atoms with van der Waals surface area (Å²) in [7, 11) is 0. The summed E-state index contributed by atoms with van der Waals surface area (Å²) in [5.74, 6) is 0. The van der Waals surface area contributed by atoms with Crippen LogP contribution < -0.4 is 5.01 Å². The van der Waals surface area contributed by atoms with E-state index in [-0.39, 0.29) is 6.04 Å². The van der Waals surface area contributed by atoms with Crippen molar-refractivity contribution in [2.45, 2.75) is 12.5 Å². The molecule has 0 saturated carbocycles. The first kappa shape index (κ1) is 13.6. The Bertz CT molecular complexity index is 865. The molecule has 3 heterocycles. The van der Waals surface area contributed by atoms with Gasteiger partial charge in [0, 0.05) is 18.8 Å². The Morgan fingerprint density at radius 2 is 2.27 bits per heavy atom. The number of aromatic nitrogens is 2. The van der Waals surface area contributed by atoms with Crippen molar-refractivity contribution in [1.82, 2.24) is 9.97 Å². The van der Waals surface area contributed by atoms with Crippen LogP contribution in [0.5, 0.6) is 0 Å². The average Bonchev–Trinajstić information content (AvgIpc) is 3.13. The van der Waals surface area contributed by atoms with Crippen LogP contribution in [0.2, 0.25) is 5.02 Å². The predicted molar refractivity (Wildman–Crippen MR) is 87.2 cm³/mol. The lowest BCUT2D eigenvalue weighted by Gasteiger charge is -2.09. The van der Waals surface area contributed by atoms with Crippen LogP contribution in [0.3, 0.4) is 0 Å². The molecule has 1 aliphatic rings. The Kier molecular flexibility index (Phi) is 3.28. The summed E-state index contributed by atoms with van der Waals surface area (Å²) in [6, 6.07) is 7.31. The molecule has 0 amide bonds. The molecular weight excluding hydrogens is 320 g/mol. The zero-order valence-corrected chi connectivity index (χ0v) is 13.1. The molecule has 1 fully saturated rings. The van der Waals surface area contributed by atoms with Gasteiger partial charge in [-0.15, -0.1) is 16.3 Å². The number of rotatable bonds is 2. The molecule has 1 aromatic carbocycles. The lowest BCUT2D eigenvalue weighted by Crippen LogP contribution is -2.27. The Hall–Kier alpha value is -2.05. The first-order chi connectivity index (χ1) is 10.7. The highest BCUT2D eigenvalue weighted by atomic mass is 35.5. The number of pyridine rings is 1. The Morgan fingerprint density at radius 1 is 1.36 bits per heavy atom. The summed E-state index contributed by atoms with van der Waals surface area (Å²) in [6.45, 7) is 0.656. The molecule has 0 bridgehead atoms. The van der Waals surface area contributed by atoms with E-state index >= 15 is 0 Å². The quantitative estimate of drug-likeness (QED) is 0.666. The molecule has 1 saturated heterocycles. The van der Waals surface area contributed by atoms with Crippen molar-refractivity contribution < 1.29 is 4.87 Å². The number of halogens is 1. The Morgan fingerprint density at radius 3 is 3.14 bits per heavy atom. The summed E-state index contributed by atoms with van der Waals surface area (Å²) in [6.07, 6.45) is 4.02. The summed E-state index contributed by atoms with van der Waals surface area (Å²) < 4.78 is 1.08. The van der Waals surface area contributed by atoms with Crippen molar-refractivity contribution in [2.75, 3.05) is 11.6 Å². The minimum atomic E-state index is -0.293. The number of nitroso groups, excluding NO2 is 1. The fourth-order valence-corrected chi connectivity index (χ4v) is 3.72. The molecule has 0 spiro atoms. The highest BCUT2D eigenvalue weighted by molar-refractivity contribution is 7.16. The third-order valence-electron chi connectivity index (χ3n) is 3.89. The molecule has 4 rings (SSSR count). The van der Waals surface area contributed by atoms with Crippen LogP contribution in [-0.2, 0) is 0 Å². The SMILES string of the molecule is O=[N+]1C(c2cnccc2Cl)CCN1c1ccc2ncsc2c1. The maximum atomic E-state index is 12.7. The summed E-state index contributed by atoms with van der Waals surface area (Å²) in [5, 5.41) is 2.33. The van der Waals surface area contributed by atoms with Gasteiger partial charge in [0.2, 0.25) is 0 Å². The second kappa shape index (κ2) is 5.30. The molecule has 5 nitrogen and oxygen atoms in total. The van der Waals surface area contributed by atoms with Crippen LogP contribution in [0.4, 0.5) is 5.69 Å². The van der Waals surface area contributed by atoms with Gasteiger partial charge in [-0.3, -0.25) is 4.98 Å². The summed E-state index contributed by atoms with van der Waals surface area (Å²) >= 11 is 7.77. The van der Waals surface area contributed by atoms with Gasteiger partial charge in [-0.2, -0.15) is 0 Å². The lowest BCUT2D eigenvalue weighted by atomic mass is 10.1. The third-order valence-corrected chi connectivity index (χ3v) is 5.02. The number of thiazole rings is 1. The second-order valence-electron chi connectivity index (χ2n) is 5.13. The highest BCUT2D eigenvalue weighted by Crippen LogP contribution is 2.35. The Labute approximate surface area is 135 Å². The molecule has 110 valence electrons. The van der Waals surface area contributed by atoms with Crippen LogP contribution >= 0.6 is 22.9 Å². The smallest absolute Gasteiger partial charge is 0.264 e. The van der Waals surface area contributed by atoms with E-state index in [1.807, 2.05) is 23.7 Å². The molecule has 2 aromatic heterocycles. The van der Waals surface area contributed by atoms with E-state index in [1.54, 1.807) is 34.8 Å². The van der Waals surface area contributed by atoms with Gasteiger partial charge in [0.05, 0.1) is 37.8 Å². The topological polar surface area (TPSA) is 49.1 Å². The summed E-state index contributed by atoms with van der Waals surface area (Å²) in [5.41, 5.74) is 4.43. The fourth-order valence-electron chi connectivity index (χ4n) is 2.78. The minimum absolute atomic E-state index is 0.293. The maximum absolute atomic E-state index is 12.7. The van der Waals surface area contributed by atoms with E-state index in [0.717, 1.165) is 32.8 Å². The van der Waals surface area contributed by atoms with Crippen molar-refractivity contribution in [2.24, 2.45) is 0 Å². The fraction of sp³-hybridized carbons (Fsp3) is 0.200. The van der Waals surface area contributed by atoms with Crippen molar-refractivity contribution >= 4 is 38.8 Å². The van der Waals surface area contributed by atoms with Gasteiger partial charge in [-0.1, -0.05) is 11.6 Å². The minimum Gasteiger partial charge on any atom is -0.264 e. The number of hydrazine groups is 1. The van der Waals surface area contributed by atoms with Crippen molar-refractivity contribution in [1.29, 1.82) is 0 Å². The molecule has 3 aromatic rings. The number of anilines is 1. The predicted octanol–water partition coefficient (Wildman–Crippen LogP) is 3.99.